The van der Waals surface area contributed by atoms with Crippen molar-refractivity contribution in [3.8, 4) is 0 Å². The van der Waals surface area contributed by atoms with Crippen molar-refractivity contribution in [2.45, 2.75) is 79.1 Å². The van der Waals surface area contributed by atoms with Crippen LogP contribution in [0.15, 0.2) is 91.5 Å². The van der Waals surface area contributed by atoms with E-state index in [1.54, 1.807) is 12.4 Å². The molecule has 1 aliphatic heterocycles. The zero-order valence-electron chi connectivity index (χ0n) is 26.6. The van der Waals surface area contributed by atoms with Gasteiger partial charge in [0.25, 0.3) is 0 Å². The predicted molar refractivity (Wildman–Crippen MR) is 180 cm³/mol. The van der Waals surface area contributed by atoms with Gasteiger partial charge in [-0.15, -0.1) is 17.7 Å². The number of anilines is 2. The molecule has 4 nitrogen and oxygen atoms in total. The summed E-state index contributed by atoms with van der Waals surface area (Å²) in [5.41, 5.74) is 10.3. The normalized spacial score (nSPS) is 13.0. The van der Waals surface area contributed by atoms with Crippen LogP contribution in [0.25, 0.3) is 21.8 Å². The Kier molecular flexibility index (Phi) is 10.6. The molecule has 0 aliphatic carbocycles. The summed E-state index contributed by atoms with van der Waals surface area (Å²) < 4.78 is 0. The SMILES string of the molecule is CC(C)c1cccc(C(C)C)c1N1C=CN(c2c(C(C)C)cccc2C(C)C)[CH-]1.[Au].c1ccc2c(c1)[n-]c1cnccc12. The van der Waals surface area contributed by atoms with E-state index in [1.165, 1.54) is 44.4 Å². The van der Waals surface area contributed by atoms with E-state index in [-0.39, 0.29) is 22.4 Å². The van der Waals surface area contributed by atoms with Crippen LogP contribution in [0, 0.1) is 6.67 Å². The Morgan fingerprint density at radius 1 is 0.558 bits per heavy atom. The van der Waals surface area contributed by atoms with Crippen LogP contribution in [-0.4, -0.2) is 4.98 Å². The Labute approximate surface area is 273 Å². The second kappa shape index (κ2) is 14.0. The Morgan fingerprint density at radius 3 is 1.47 bits per heavy atom. The maximum absolute atomic E-state index is 4.45. The average molecular weight is 754 g/mol. The molecule has 3 aromatic carbocycles. The first kappa shape index (κ1) is 32.6. The molecular weight excluding hydrogens is 709 g/mol. The summed E-state index contributed by atoms with van der Waals surface area (Å²) in [4.78, 5) is 13.1. The number of fused-ring (bicyclic) bond motifs is 3. The van der Waals surface area contributed by atoms with Gasteiger partial charge in [0, 0.05) is 46.1 Å². The number of hydrogen-bond acceptors (Lipinski definition) is 3. The maximum atomic E-state index is 4.45. The fraction of sp³-hybridized carbons (Fsp3) is 0.316. The van der Waals surface area contributed by atoms with E-state index in [9.17, 15) is 0 Å². The van der Waals surface area contributed by atoms with Gasteiger partial charge >= 0.3 is 0 Å². The molecule has 1 aliphatic rings. The van der Waals surface area contributed by atoms with Gasteiger partial charge in [0.1, 0.15) is 0 Å². The standard InChI is InChI=1S/C27H37N2.C11H7N2.Au/c1-18(2)22-11-9-12-23(19(3)4)26(22)28-15-16-29(17-28)27-24(20(5)6)13-10-14-25(27)21(7)8;1-2-4-10-8(3-1)9-5-6-12-7-11(9)13-10;/h9-21H,1-8H3;1-7H;/q2*-1;. The van der Waals surface area contributed by atoms with E-state index in [2.05, 4.69) is 137 Å². The summed E-state index contributed by atoms with van der Waals surface area (Å²) in [6, 6.07) is 23.7. The fourth-order valence-corrected chi connectivity index (χ4v) is 5.87. The van der Waals surface area contributed by atoms with Crippen LogP contribution in [0.1, 0.15) is 101 Å². The molecular formula is C38H44AuN4-2. The van der Waals surface area contributed by atoms with Crippen LogP contribution < -0.4 is 14.8 Å². The molecule has 0 amide bonds. The molecule has 0 bridgehead atoms. The van der Waals surface area contributed by atoms with Gasteiger partial charge in [-0.25, -0.2) is 0 Å². The van der Waals surface area contributed by atoms with Gasteiger partial charge in [0.05, 0.1) is 0 Å². The van der Waals surface area contributed by atoms with Crippen molar-refractivity contribution >= 4 is 33.2 Å². The Balaban J connectivity index is 0.000000250. The first-order valence-corrected chi connectivity index (χ1v) is 15.3. The molecule has 3 heterocycles. The minimum absolute atomic E-state index is 0. The first-order chi connectivity index (χ1) is 20.2. The molecule has 6 rings (SSSR count). The molecule has 0 saturated heterocycles. The van der Waals surface area contributed by atoms with Gasteiger partial charge in [-0.3, -0.25) is 4.98 Å². The molecule has 2 aromatic heterocycles. The first-order valence-electron chi connectivity index (χ1n) is 15.3. The average Bonchev–Trinajstić information content (AvgIpc) is 3.61. The smallest absolute Gasteiger partial charge is 0.0272 e. The molecule has 0 spiro atoms. The van der Waals surface area contributed by atoms with E-state index in [1.807, 2.05) is 24.3 Å². The second-order valence-corrected chi connectivity index (χ2v) is 12.4. The third kappa shape index (κ3) is 6.77. The van der Waals surface area contributed by atoms with Gasteiger partial charge in [-0.1, -0.05) is 116 Å². The van der Waals surface area contributed by atoms with Crippen molar-refractivity contribution in [3.63, 3.8) is 0 Å². The van der Waals surface area contributed by atoms with Gasteiger partial charge in [-0.05, 0) is 75.2 Å². The molecule has 5 heteroatoms. The number of hydrogen-bond donors (Lipinski definition) is 0. The van der Waals surface area contributed by atoms with Gasteiger partial charge in [-0.2, -0.15) is 0 Å². The summed E-state index contributed by atoms with van der Waals surface area (Å²) in [7, 11) is 0. The number of para-hydroxylation sites is 3. The van der Waals surface area contributed by atoms with Crippen molar-refractivity contribution in [2.24, 2.45) is 0 Å². The largest absolute Gasteiger partial charge is 0.656 e. The van der Waals surface area contributed by atoms with Crippen molar-refractivity contribution in [1.29, 1.82) is 0 Å². The Morgan fingerprint density at radius 2 is 1.00 bits per heavy atom. The third-order valence-corrected chi connectivity index (χ3v) is 8.07. The zero-order valence-corrected chi connectivity index (χ0v) is 28.8. The molecule has 5 aromatic rings. The zero-order chi connectivity index (χ0) is 30.0. The Bertz CT molecular complexity index is 1520. The van der Waals surface area contributed by atoms with Crippen LogP contribution in [0.2, 0.25) is 0 Å². The van der Waals surface area contributed by atoms with E-state index < -0.39 is 0 Å². The van der Waals surface area contributed by atoms with E-state index in [4.69, 9.17) is 0 Å². The summed E-state index contributed by atoms with van der Waals surface area (Å²) in [5, 5.41) is 2.39. The van der Waals surface area contributed by atoms with Crippen LogP contribution in [0.4, 0.5) is 11.4 Å². The van der Waals surface area contributed by atoms with E-state index in [0.717, 1.165) is 11.0 Å². The van der Waals surface area contributed by atoms with Crippen molar-refractivity contribution in [1.82, 2.24) is 9.97 Å². The van der Waals surface area contributed by atoms with Crippen LogP contribution >= 0.6 is 0 Å². The number of rotatable bonds is 6. The van der Waals surface area contributed by atoms with Crippen molar-refractivity contribution in [3.05, 3.63) is 120 Å². The van der Waals surface area contributed by atoms with E-state index >= 15 is 0 Å². The summed E-state index contributed by atoms with van der Waals surface area (Å²) in [6.07, 6.45) is 8.04. The monoisotopic (exact) mass is 753 g/mol. The van der Waals surface area contributed by atoms with Crippen LogP contribution in [-0.2, 0) is 22.4 Å². The fourth-order valence-electron chi connectivity index (χ4n) is 5.87. The quantitative estimate of drug-likeness (QED) is 0.128. The number of benzene rings is 3. The summed E-state index contributed by atoms with van der Waals surface area (Å²) >= 11 is 0. The number of pyridine rings is 1. The molecule has 0 unspecified atom stereocenters. The van der Waals surface area contributed by atoms with Crippen molar-refractivity contribution in [2.75, 3.05) is 9.80 Å². The second-order valence-electron chi connectivity index (χ2n) is 12.4. The van der Waals surface area contributed by atoms with Crippen LogP contribution in [0.3, 0.4) is 0 Å². The van der Waals surface area contributed by atoms with Crippen LogP contribution in [0.5, 0.6) is 0 Å². The molecule has 0 fully saturated rings. The predicted octanol–water partition coefficient (Wildman–Crippen LogP) is 10.4. The molecule has 0 N–H and O–H groups in total. The van der Waals surface area contributed by atoms with Gasteiger partial charge in [0.15, 0.2) is 0 Å². The molecule has 0 atom stereocenters. The molecule has 229 valence electrons. The minimum Gasteiger partial charge on any atom is -0.656 e. The third-order valence-electron chi connectivity index (χ3n) is 8.07. The van der Waals surface area contributed by atoms with E-state index in [0.29, 0.717) is 23.7 Å². The maximum Gasteiger partial charge on any atom is 0.0272 e. The number of aromatic nitrogens is 2. The molecule has 0 saturated carbocycles. The number of nitrogens with zero attached hydrogens (tertiary/aromatic N) is 4. The van der Waals surface area contributed by atoms with Crippen molar-refractivity contribution < 1.29 is 22.4 Å². The Hall–Kier alpha value is -3.31. The topological polar surface area (TPSA) is 33.5 Å². The molecule has 43 heavy (non-hydrogen) atoms. The van der Waals surface area contributed by atoms with Gasteiger partial charge in [0.2, 0.25) is 0 Å². The minimum atomic E-state index is 0. The molecule has 1 radical (unpaired) electrons. The van der Waals surface area contributed by atoms with Gasteiger partial charge < -0.3 is 14.8 Å². The summed E-state index contributed by atoms with van der Waals surface area (Å²) in [6.45, 7) is 20.5. The summed E-state index contributed by atoms with van der Waals surface area (Å²) in [5.74, 6) is 1.92.